The quantitative estimate of drug-likeness (QED) is 0.329. The summed E-state index contributed by atoms with van der Waals surface area (Å²) < 4.78 is 0. The normalized spacial score (nSPS) is 11.3. The zero-order chi connectivity index (χ0) is 8.53. The Balaban J connectivity index is 3.34. The molecule has 0 radical (unpaired) electrons. The van der Waals surface area contributed by atoms with Crippen LogP contribution in [0.5, 0.6) is 0 Å². The van der Waals surface area contributed by atoms with E-state index in [4.69, 9.17) is 0 Å². The van der Waals surface area contributed by atoms with E-state index < -0.39 is 0 Å². The van der Waals surface area contributed by atoms with Crippen molar-refractivity contribution in [1.29, 1.82) is 0 Å². The van der Waals surface area contributed by atoms with Crippen LogP contribution >= 0.6 is 0 Å². The molecule has 0 aliphatic heterocycles. The molecule has 0 heterocycles. The van der Waals surface area contributed by atoms with Gasteiger partial charge in [-0.05, 0) is 20.4 Å². The highest BCUT2D eigenvalue weighted by Crippen LogP contribution is 1.95. The number of hydrogen-bond acceptors (Lipinski definition) is 2. The molecule has 0 aromatic rings. The molecule has 0 fully saturated rings. The highest BCUT2D eigenvalue weighted by molar-refractivity contribution is 5.45. The molecule has 11 heavy (non-hydrogen) atoms. The van der Waals surface area contributed by atoms with Crippen LogP contribution < -0.4 is 10.6 Å². The van der Waals surface area contributed by atoms with E-state index in [0.717, 1.165) is 25.9 Å². The average Bonchev–Trinajstić information content (AvgIpc) is 2.01. The van der Waals surface area contributed by atoms with Gasteiger partial charge < -0.3 is 10.6 Å². The van der Waals surface area contributed by atoms with Gasteiger partial charge in [0.1, 0.15) is 0 Å². The van der Waals surface area contributed by atoms with Gasteiger partial charge in [0.05, 0.1) is 0 Å². The molecule has 0 aromatic heterocycles. The minimum absolute atomic E-state index is 0.728. The number of hydrogen-bond donors (Lipinski definition) is 2. The van der Waals surface area contributed by atoms with Crippen LogP contribution in [0.2, 0.25) is 0 Å². The van der Waals surface area contributed by atoms with E-state index in [0.29, 0.717) is 0 Å². The first-order valence-corrected chi connectivity index (χ1v) is 3.78. The van der Waals surface area contributed by atoms with Crippen LogP contribution in [0, 0.1) is 0 Å². The molecule has 1 amide bonds. The Hall–Kier alpha value is -0.830. The molecule has 0 aliphatic carbocycles. The minimum Gasteiger partial charge on any atom is -0.358 e. The first-order chi connectivity index (χ1) is 5.31. The Bertz CT molecular complexity index is 132. The van der Waals surface area contributed by atoms with Gasteiger partial charge in [0.2, 0.25) is 6.41 Å². The molecule has 0 spiro atoms. The minimum atomic E-state index is 0.728. The predicted octanol–water partition coefficient (Wildman–Crippen LogP) is 0.288. The van der Waals surface area contributed by atoms with Crippen LogP contribution in [0.15, 0.2) is 11.6 Å². The Kier molecular flexibility index (Phi) is 6.73. The van der Waals surface area contributed by atoms with Crippen LogP contribution in [0.4, 0.5) is 0 Å². The first kappa shape index (κ1) is 10.2. The topological polar surface area (TPSA) is 41.1 Å². The van der Waals surface area contributed by atoms with Crippen molar-refractivity contribution in [2.75, 3.05) is 20.1 Å². The third kappa shape index (κ3) is 7.06. The van der Waals surface area contributed by atoms with Crippen molar-refractivity contribution in [2.24, 2.45) is 0 Å². The second-order valence-corrected chi connectivity index (χ2v) is 2.43. The average molecular weight is 156 g/mol. The third-order valence-corrected chi connectivity index (χ3v) is 1.40. The Morgan fingerprint density at radius 2 is 2.27 bits per heavy atom. The van der Waals surface area contributed by atoms with E-state index >= 15 is 0 Å². The monoisotopic (exact) mass is 156 g/mol. The molecule has 0 unspecified atom stereocenters. The summed E-state index contributed by atoms with van der Waals surface area (Å²) in [5.41, 5.74) is 1.30. The molecule has 0 aliphatic rings. The van der Waals surface area contributed by atoms with Crippen molar-refractivity contribution >= 4 is 6.41 Å². The SMILES string of the molecule is CNC/C=C(\C)CCNC=O. The molecule has 0 aromatic carbocycles. The summed E-state index contributed by atoms with van der Waals surface area (Å²) >= 11 is 0. The van der Waals surface area contributed by atoms with Crippen LogP contribution in [0.25, 0.3) is 0 Å². The molecule has 2 N–H and O–H groups in total. The van der Waals surface area contributed by atoms with Crippen molar-refractivity contribution < 1.29 is 4.79 Å². The first-order valence-electron chi connectivity index (χ1n) is 3.78. The van der Waals surface area contributed by atoms with Gasteiger partial charge in [0, 0.05) is 13.1 Å². The van der Waals surface area contributed by atoms with Crippen LogP contribution in [0.3, 0.4) is 0 Å². The van der Waals surface area contributed by atoms with E-state index in [9.17, 15) is 4.79 Å². The van der Waals surface area contributed by atoms with Gasteiger partial charge in [0.25, 0.3) is 0 Å². The van der Waals surface area contributed by atoms with Gasteiger partial charge in [-0.1, -0.05) is 11.6 Å². The maximum Gasteiger partial charge on any atom is 0.207 e. The molecule has 0 rings (SSSR count). The zero-order valence-electron chi connectivity index (χ0n) is 7.18. The fourth-order valence-corrected chi connectivity index (χ4v) is 0.707. The maximum absolute atomic E-state index is 9.86. The number of carbonyl (C=O) groups excluding carboxylic acids is 1. The lowest BCUT2D eigenvalue weighted by Gasteiger charge is -1.99. The number of carbonyl (C=O) groups is 1. The Morgan fingerprint density at radius 3 is 2.82 bits per heavy atom. The van der Waals surface area contributed by atoms with Gasteiger partial charge in [-0.25, -0.2) is 0 Å². The van der Waals surface area contributed by atoms with E-state index in [1.54, 1.807) is 0 Å². The van der Waals surface area contributed by atoms with Crippen molar-refractivity contribution in [3.63, 3.8) is 0 Å². The summed E-state index contributed by atoms with van der Waals surface area (Å²) in [7, 11) is 1.91. The second-order valence-electron chi connectivity index (χ2n) is 2.43. The van der Waals surface area contributed by atoms with Crippen molar-refractivity contribution in [3.05, 3.63) is 11.6 Å². The standard InChI is InChI=1S/C8H16N2O/c1-8(3-5-9-2)4-6-10-7-11/h3,7,9H,4-6H2,1-2H3,(H,10,11)/b8-3+. The molecule has 3 heteroatoms. The van der Waals surface area contributed by atoms with Gasteiger partial charge >= 0.3 is 0 Å². The molecule has 0 atom stereocenters. The molecular formula is C8H16N2O. The fourth-order valence-electron chi connectivity index (χ4n) is 0.707. The van der Waals surface area contributed by atoms with E-state index in [1.165, 1.54) is 5.57 Å². The number of nitrogens with one attached hydrogen (secondary N) is 2. The fraction of sp³-hybridized carbons (Fsp3) is 0.625. The number of amides is 1. The van der Waals surface area contributed by atoms with Crippen LogP contribution in [-0.2, 0) is 4.79 Å². The van der Waals surface area contributed by atoms with Crippen molar-refractivity contribution in [3.8, 4) is 0 Å². The molecular weight excluding hydrogens is 140 g/mol. The smallest absolute Gasteiger partial charge is 0.207 e. The second kappa shape index (κ2) is 7.28. The summed E-state index contributed by atoms with van der Waals surface area (Å²) in [5.74, 6) is 0. The lowest BCUT2D eigenvalue weighted by molar-refractivity contribution is -0.109. The zero-order valence-corrected chi connectivity index (χ0v) is 7.18. The van der Waals surface area contributed by atoms with Crippen LogP contribution in [0.1, 0.15) is 13.3 Å². The van der Waals surface area contributed by atoms with E-state index in [2.05, 4.69) is 23.6 Å². The largest absolute Gasteiger partial charge is 0.358 e. The molecule has 0 bridgehead atoms. The predicted molar refractivity (Wildman–Crippen MR) is 46.4 cm³/mol. The molecule has 0 saturated heterocycles. The third-order valence-electron chi connectivity index (χ3n) is 1.40. The summed E-state index contributed by atoms with van der Waals surface area (Å²) in [6, 6.07) is 0. The Morgan fingerprint density at radius 1 is 1.55 bits per heavy atom. The molecule has 3 nitrogen and oxygen atoms in total. The van der Waals surface area contributed by atoms with E-state index in [-0.39, 0.29) is 0 Å². The summed E-state index contributed by atoms with van der Waals surface area (Å²) in [6.45, 7) is 3.69. The van der Waals surface area contributed by atoms with Crippen molar-refractivity contribution in [2.45, 2.75) is 13.3 Å². The Labute approximate surface area is 67.9 Å². The number of likely N-dealkylation sites (N-methyl/N-ethyl adjacent to an activating group) is 1. The van der Waals surface area contributed by atoms with Gasteiger partial charge in [0.15, 0.2) is 0 Å². The van der Waals surface area contributed by atoms with Gasteiger partial charge in [-0.15, -0.1) is 0 Å². The lowest BCUT2D eigenvalue weighted by Crippen LogP contribution is -2.12. The van der Waals surface area contributed by atoms with E-state index in [1.807, 2.05) is 7.05 Å². The summed E-state index contributed by atoms with van der Waals surface area (Å²) in [5, 5.41) is 5.64. The lowest BCUT2D eigenvalue weighted by atomic mass is 10.2. The summed E-state index contributed by atoms with van der Waals surface area (Å²) in [6.07, 6.45) is 3.78. The molecule has 64 valence electrons. The maximum atomic E-state index is 9.86. The summed E-state index contributed by atoms with van der Waals surface area (Å²) in [4.78, 5) is 9.86. The van der Waals surface area contributed by atoms with Gasteiger partial charge in [-0.3, -0.25) is 4.79 Å². The van der Waals surface area contributed by atoms with Gasteiger partial charge in [-0.2, -0.15) is 0 Å². The highest BCUT2D eigenvalue weighted by atomic mass is 16.1. The highest BCUT2D eigenvalue weighted by Gasteiger charge is 1.87. The molecule has 0 saturated carbocycles. The van der Waals surface area contributed by atoms with Crippen LogP contribution in [-0.4, -0.2) is 26.5 Å². The van der Waals surface area contributed by atoms with Crippen molar-refractivity contribution in [1.82, 2.24) is 10.6 Å². The number of rotatable bonds is 6.